The lowest BCUT2D eigenvalue weighted by molar-refractivity contribution is -0.129. The first-order valence-electron chi connectivity index (χ1n) is 9.45. The number of nitrogens with zero attached hydrogens (tertiary/aromatic N) is 1. The predicted molar refractivity (Wildman–Crippen MR) is 134 cm³/mol. The van der Waals surface area contributed by atoms with Crippen LogP contribution in [0.4, 0.5) is 0 Å². The van der Waals surface area contributed by atoms with Crippen LogP contribution in [0.1, 0.15) is 22.3 Å². The number of ether oxygens (including phenoxy) is 2. The summed E-state index contributed by atoms with van der Waals surface area (Å²) in [6.07, 6.45) is 1.64. The zero-order chi connectivity index (χ0) is 22.8. The fourth-order valence-corrected chi connectivity index (χ4v) is 4.93. The maximum atomic E-state index is 12.3. The molecule has 8 heteroatoms. The zero-order valence-corrected chi connectivity index (χ0v) is 21.3. The summed E-state index contributed by atoms with van der Waals surface area (Å²) in [4.78, 5) is 16.6. The van der Waals surface area contributed by atoms with E-state index in [1.807, 2.05) is 43.3 Å². The van der Waals surface area contributed by atoms with Gasteiger partial charge in [-0.3, -0.25) is 0 Å². The Hall–Kier alpha value is -2.12. The number of rotatable bonds is 5. The molecule has 0 saturated carbocycles. The molecule has 3 aromatic rings. The van der Waals surface area contributed by atoms with E-state index in [9.17, 15) is 4.79 Å². The number of carbonyl (C=O) groups excluding carboxylic acids is 1. The second kappa shape index (κ2) is 9.79. The van der Waals surface area contributed by atoms with E-state index >= 15 is 0 Å². The minimum Gasteiger partial charge on any atom is -0.487 e. The van der Waals surface area contributed by atoms with Crippen LogP contribution in [0.3, 0.4) is 0 Å². The van der Waals surface area contributed by atoms with Crippen LogP contribution in [-0.2, 0) is 16.1 Å². The highest BCUT2D eigenvalue weighted by Crippen LogP contribution is 2.36. The normalized spacial score (nSPS) is 14.5. The molecule has 1 aliphatic rings. The van der Waals surface area contributed by atoms with Gasteiger partial charge in [-0.1, -0.05) is 53.0 Å². The fourth-order valence-electron chi connectivity index (χ4n) is 2.99. The summed E-state index contributed by atoms with van der Waals surface area (Å²) in [5, 5.41) is 0.838. The summed E-state index contributed by atoms with van der Waals surface area (Å²) >= 11 is 19.2. The molecule has 0 unspecified atom stereocenters. The van der Waals surface area contributed by atoms with E-state index < -0.39 is 5.97 Å². The molecule has 1 heterocycles. The highest BCUT2D eigenvalue weighted by atomic mass is 79.9. The molecule has 0 aliphatic carbocycles. The van der Waals surface area contributed by atoms with Gasteiger partial charge in [-0.05, 0) is 86.3 Å². The molecular formula is C24H15Br2Cl2NO3. The van der Waals surface area contributed by atoms with Gasteiger partial charge in [-0.2, -0.15) is 0 Å². The molecule has 1 aliphatic heterocycles. The third-order valence-electron chi connectivity index (χ3n) is 4.61. The first-order valence-corrected chi connectivity index (χ1v) is 11.8. The van der Waals surface area contributed by atoms with Crippen LogP contribution in [0.25, 0.3) is 6.08 Å². The molecule has 162 valence electrons. The van der Waals surface area contributed by atoms with Gasteiger partial charge in [0.05, 0.1) is 19.5 Å². The molecule has 0 fully saturated rings. The lowest BCUT2D eigenvalue weighted by atomic mass is 10.1. The quantitative estimate of drug-likeness (QED) is 0.224. The summed E-state index contributed by atoms with van der Waals surface area (Å²) < 4.78 is 12.8. The van der Waals surface area contributed by atoms with Crippen molar-refractivity contribution in [2.45, 2.75) is 13.5 Å². The summed E-state index contributed by atoms with van der Waals surface area (Å²) in [7, 11) is 0. The van der Waals surface area contributed by atoms with Crippen LogP contribution in [0.15, 0.2) is 74.2 Å². The summed E-state index contributed by atoms with van der Waals surface area (Å²) in [5.74, 6) is 0.246. The number of esters is 1. The monoisotopic (exact) mass is 593 g/mol. The number of aliphatic imine (C=N–C) groups is 1. The van der Waals surface area contributed by atoms with Crippen molar-refractivity contribution in [3.8, 4) is 5.75 Å². The fraction of sp³-hybridized carbons (Fsp3) is 0.0833. The Labute approximate surface area is 212 Å². The Balaban J connectivity index is 1.56. The smallest absolute Gasteiger partial charge is 0.363 e. The molecule has 4 rings (SSSR count). The van der Waals surface area contributed by atoms with Crippen molar-refractivity contribution in [1.82, 2.24) is 0 Å². The third-order valence-corrected chi connectivity index (χ3v) is 6.34. The lowest BCUT2D eigenvalue weighted by Gasteiger charge is -2.11. The highest BCUT2D eigenvalue weighted by molar-refractivity contribution is 9.11. The number of carbonyl (C=O) groups is 1. The first kappa shape index (κ1) is 23.1. The van der Waals surface area contributed by atoms with Gasteiger partial charge in [0.15, 0.2) is 5.70 Å². The second-order valence-corrected chi connectivity index (χ2v) is 9.60. The van der Waals surface area contributed by atoms with E-state index in [2.05, 4.69) is 36.9 Å². The van der Waals surface area contributed by atoms with Crippen LogP contribution in [0, 0.1) is 6.92 Å². The predicted octanol–water partition coefficient (Wildman–Crippen LogP) is 7.75. The highest BCUT2D eigenvalue weighted by Gasteiger charge is 2.26. The average molecular weight is 596 g/mol. The van der Waals surface area contributed by atoms with E-state index in [1.165, 1.54) is 5.56 Å². The molecular weight excluding hydrogens is 581 g/mol. The Morgan fingerprint density at radius 1 is 1.03 bits per heavy atom. The SMILES string of the molecule is Cc1ccc(COc2c(Br)cc(/C=C3\N=C(c4ccc(Cl)cc4Cl)OC3=O)cc2Br)cc1. The topological polar surface area (TPSA) is 47.9 Å². The van der Waals surface area contributed by atoms with Crippen LogP contribution in [-0.4, -0.2) is 11.9 Å². The zero-order valence-electron chi connectivity index (χ0n) is 16.7. The number of aryl methyl sites for hydroxylation is 1. The maximum absolute atomic E-state index is 12.3. The molecule has 0 saturated heterocycles. The molecule has 3 aromatic carbocycles. The van der Waals surface area contributed by atoms with Gasteiger partial charge < -0.3 is 9.47 Å². The van der Waals surface area contributed by atoms with Crippen molar-refractivity contribution >= 4 is 73.0 Å². The molecule has 0 spiro atoms. The largest absolute Gasteiger partial charge is 0.487 e. The average Bonchev–Trinajstić information content (AvgIpc) is 3.08. The van der Waals surface area contributed by atoms with Gasteiger partial charge in [-0.15, -0.1) is 0 Å². The molecule has 0 radical (unpaired) electrons. The van der Waals surface area contributed by atoms with Crippen molar-refractivity contribution in [3.63, 3.8) is 0 Å². The lowest BCUT2D eigenvalue weighted by Crippen LogP contribution is -2.05. The first-order chi connectivity index (χ1) is 15.3. The molecule has 4 nitrogen and oxygen atoms in total. The van der Waals surface area contributed by atoms with Gasteiger partial charge in [0.25, 0.3) is 0 Å². The molecule has 0 aromatic heterocycles. The van der Waals surface area contributed by atoms with Crippen molar-refractivity contribution in [1.29, 1.82) is 0 Å². The summed E-state index contributed by atoms with van der Waals surface area (Å²) in [6.45, 7) is 2.47. The van der Waals surface area contributed by atoms with Crippen molar-refractivity contribution in [3.05, 3.63) is 102 Å². The Bertz CT molecular complexity index is 1250. The second-order valence-electron chi connectivity index (χ2n) is 7.05. The number of cyclic esters (lactones) is 1. The Morgan fingerprint density at radius 2 is 1.72 bits per heavy atom. The van der Waals surface area contributed by atoms with Gasteiger partial charge in [-0.25, -0.2) is 9.79 Å². The van der Waals surface area contributed by atoms with Gasteiger partial charge >= 0.3 is 5.97 Å². The van der Waals surface area contributed by atoms with E-state index in [-0.39, 0.29) is 11.6 Å². The van der Waals surface area contributed by atoms with Crippen molar-refractivity contribution in [2.75, 3.05) is 0 Å². The van der Waals surface area contributed by atoms with E-state index in [0.29, 0.717) is 28.0 Å². The number of benzene rings is 3. The molecule has 0 bridgehead atoms. The van der Waals surface area contributed by atoms with Gasteiger partial charge in [0.1, 0.15) is 12.4 Å². The van der Waals surface area contributed by atoms with Gasteiger partial charge in [0.2, 0.25) is 5.90 Å². The Kier molecular flexibility index (Phi) is 7.05. The van der Waals surface area contributed by atoms with Crippen LogP contribution < -0.4 is 4.74 Å². The standard InChI is InChI=1S/C24H15Br2Cl2NO3/c1-13-2-4-14(5-3-13)12-31-22-18(25)8-15(9-19(22)26)10-21-24(30)32-23(29-21)17-7-6-16(27)11-20(17)28/h2-11H,12H2,1H3/b21-10-. The van der Waals surface area contributed by atoms with Gasteiger partial charge in [0, 0.05) is 5.02 Å². The number of hydrogen-bond donors (Lipinski definition) is 0. The van der Waals surface area contributed by atoms with Crippen molar-refractivity contribution in [2.24, 2.45) is 4.99 Å². The third kappa shape index (κ3) is 5.26. The van der Waals surface area contributed by atoms with Crippen LogP contribution in [0.2, 0.25) is 10.0 Å². The molecule has 0 amide bonds. The summed E-state index contributed by atoms with van der Waals surface area (Å²) in [6, 6.07) is 16.7. The molecule has 0 atom stereocenters. The molecule has 0 N–H and O–H groups in total. The Morgan fingerprint density at radius 3 is 2.38 bits per heavy atom. The molecule has 32 heavy (non-hydrogen) atoms. The minimum absolute atomic E-state index is 0.138. The van der Waals surface area contributed by atoms with Crippen molar-refractivity contribution < 1.29 is 14.3 Å². The van der Waals surface area contributed by atoms with Crippen LogP contribution in [0.5, 0.6) is 5.75 Å². The van der Waals surface area contributed by atoms with E-state index in [4.69, 9.17) is 32.7 Å². The van der Waals surface area contributed by atoms with Crippen LogP contribution >= 0.6 is 55.1 Å². The van der Waals surface area contributed by atoms with E-state index in [1.54, 1.807) is 24.3 Å². The minimum atomic E-state index is -0.557. The van der Waals surface area contributed by atoms with E-state index in [0.717, 1.165) is 20.1 Å². The maximum Gasteiger partial charge on any atom is 0.363 e. The number of halogens is 4. The summed E-state index contributed by atoms with van der Waals surface area (Å²) in [5.41, 5.74) is 3.67. The number of hydrogen-bond acceptors (Lipinski definition) is 4.